The van der Waals surface area contributed by atoms with Crippen LogP contribution in [0.15, 0.2) is 128 Å². The smallest absolute Gasteiger partial charge is 0.416 e. The third-order valence-corrected chi connectivity index (χ3v) is 5.40. The van der Waals surface area contributed by atoms with E-state index in [0.29, 0.717) is 18.2 Å². The zero-order valence-corrected chi connectivity index (χ0v) is 24.6. The van der Waals surface area contributed by atoms with E-state index in [1.807, 2.05) is 67.6 Å². The number of hydrogen-bond donors (Lipinski definition) is 1. The summed E-state index contributed by atoms with van der Waals surface area (Å²) in [5.74, 6) is 0.193. The third kappa shape index (κ3) is 15.0. The van der Waals surface area contributed by atoms with Gasteiger partial charge in [-0.05, 0) is 79.2 Å². The van der Waals surface area contributed by atoms with Gasteiger partial charge in [-0.25, -0.2) is 4.39 Å². The summed E-state index contributed by atoms with van der Waals surface area (Å²) in [5, 5.41) is 0. The lowest BCUT2D eigenvalue weighted by molar-refractivity contribution is -0.137. The van der Waals surface area contributed by atoms with Crippen LogP contribution in [0.5, 0.6) is 11.5 Å². The standard InChI is InChI=1S/C23H21F4N.C8H10O2.C2H5N.C2H2/c1-3-5-7-12-22(28-4-2)21(13-17-10-8-6-9-11-17)18-14-19(23(25,26)27)16-20(24)15-18;1-9-7-3-5-8(10-2)6-4-7;1-2-3;1-2/h3-12,14-16,21H,2,13H2,1H3;3-6H,1-2H3;2H,1,3H2;1-2H/b5-3+,12-7-,28-22?;;;. The van der Waals surface area contributed by atoms with Crippen LogP contribution >= 0.6 is 0 Å². The van der Waals surface area contributed by atoms with E-state index in [-0.39, 0.29) is 5.56 Å². The summed E-state index contributed by atoms with van der Waals surface area (Å²) in [7, 11) is 3.28. The van der Waals surface area contributed by atoms with Crippen LogP contribution in [-0.4, -0.2) is 19.9 Å². The molecule has 3 rings (SSSR count). The average molecular weight is 595 g/mol. The van der Waals surface area contributed by atoms with Gasteiger partial charge in [0, 0.05) is 17.8 Å². The number of hydrogen-bond acceptors (Lipinski definition) is 4. The summed E-state index contributed by atoms with van der Waals surface area (Å²) < 4.78 is 63.5. The lowest BCUT2D eigenvalue weighted by Gasteiger charge is -2.20. The number of methoxy groups -OCH3 is 2. The Bertz CT molecular complexity index is 1300. The number of nitrogens with zero attached hydrogens (tertiary/aromatic N) is 1. The van der Waals surface area contributed by atoms with Crippen LogP contribution < -0.4 is 15.2 Å². The van der Waals surface area contributed by atoms with E-state index in [1.165, 1.54) is 12.4 Å². The molecule has 2 N–H and O–H groups in total. The first kappa shape index (κ1) is 38.0. The molecule has 0 heterocycles. The zero-order chi connectivity index (χ0) is 32.7. The maximum atomic E-state index is 14.0. The highest BCUT2D eigenvalue weighted by atomic mass is 19.4. The SMILES string of the molecule is C#C.C=CN.C=CN=C(/C=C\C=C\C)C(Cc1ccccc1)c1cc(F)cc(C(F)(F)F)c1.COc1ccc(OC)cc1. The quantitative estimate of drug-likeness (QED) is 0.116. The van der Waals surface area contributed by atoms with Gasteiger partial charge in [0.15, 0.2) is 0 Å². The minimum Gasteiger partial charge on any atom is -0.497 e. The van der Waals surface area contributed by atoms with Gasteiger partial charge in [0.1, 0.15) is 17.3 Å². The van der Waals surface area contributed by atoms with Crippen LogP contribution in [0.2, 0.25) is 0 Å². The number of nitrogens with two attached hydrogens (primary N) is 1. The molecule has 1 atom stereocenters. The van der Waals surface area contributed by atoms with Gasteiger partial charge < -0.3 is 15.2 Å². The van der Waals surface area contributed by atoms with Gasteiger partial charge in [-0.15, -0.1) is 12.8 Å². The number of benzene rings is 3. The molecule has 4 nitrogen and oxygen atoms in total. The fourth-order valence-electron chi connectivity index (χ4n) is 3.55. The van der Waals surface area contributed by atoms with Crippen molar-refractivity contribution >= 4 is 5.71 Å². The van der Waals surface area contributed by atoms with Gasteiger partial charge in [0.05, 0.1) is 19.8 Å². The molecule has 0 bridgehead atoms. The highest BCUT2D eigenvalue weighted by Crippen LogP contribution is 2.33. The van der Waals surface area contributed by atoms with Crippen molar-refractivity contribution in [2.45, 2.75) is 25.4 Å². The van der Waals surface area contributed by atoms with Crippen molar-refractivity contribution in [1.82, 2.24) is 0 Å². The van der Waals surface area contributed by atoms with E-state index >= 15 is 0 Å². The van der Waals surface area contributed by atoms with E-state index in [2.05, 4.69) is 36.7 Å². The van der Waals surface area contributed by atoms with Crippen molar-refractivity contribution in [2.75, 3.05) is 14.2 Å². The summed E-state index contributed by atoms with van der Waals surface area (Å²) in [6, 6.07) is 19.4. The Hall–Kier alpha value is -5.03. The third-order valence-electron chi connectivity index (χ3n) is 5.40. The molecule has 43 heavy (non-hydrogen) atoms. The molecule has 3 aromatic rings. The molecule has 0 saturated heterocycles. The van der Waals surface area contributed by atoms with Crippen LogP contribution in [-0.2, 0) is 12.6 Å². The number of terminal acetylenes is 1. The largest absolute Gasteiger partial charge is 0.497 e. The van der Waals surface area contributed by atoms with Crippen molar-refractivity contribution < 1.29 is 27.0 Å². The van der Waals surface area contributed by atoms with E-state index in [0.717, 1.165) is 29.2 Å². The Morgan fingerprint density at radius 3 is 1.91 bits per heavy atom. The topological polar surface area (TPSA) is 56.8 Å². The number of rotatable bonds is 9. The normalized spacial score (nSPS) is 11.5. The number of halogens is 4. The van der Waals surface area contributed by atoms with Gasteiger partial charge in [0.2, 0.25) is 0 Å². The molecule has 0 aromatic heterocycles. The predicted molar refractivity (Wildman–Crippen MR) is 170 cm³/mol. The maximum absolute atomic E-state index is 14.0. The fourth-order valence-corrected chi connectivity index (χ4v) is 3.55. The lowest BCUT2D eigenvalue weighted by Crippen LogP contribution is -2.16. The number of ether oxygens (including phenoxy) is 2. The van der Waals surface area contributed by atoms with E-state index < -0.39 is 23.5 Å². The number of aliphatic imine (C=N–C) groups is 1. The first-order chi connectivity index (χ1) is 20.6. The first-order valence-electron chi connectivity index (χ1n) is 12.9. The van der Waals surface area contributed by atoms with E-state index in [4.69, 9.17) is 9.47 Å². The molecule has 8 heteroatoms. The highest BCUT2D eigenvalue weighted by molar-refractivity contribution is 6.01. The molecule has 0 spiro atoms. The Labute approximate surface area is 252 Å². The van der Waals surface area contributed by atoms with Crippen molar-refractivity contribution in [2.24, 2.45) is 10.7 Å². The molecular formula is C35H38F4N2O2. The molecule has 1 unspecified atom stereocenters. The van der Waals surface area contributed by atoms with Crippen molar-refractivity contribution in [3.05, 3.63) is 145 Å². The predicted octanol–water partition coefficient (Wildman–Crippen LogP) is 8.93. The average Bonchev–Trinajstić information content (AvgIpc) is 3.01. The van der Waals surface area contributed by atoms with Crippen molar-refractivity contribution in [3.63, 3.8) is 0 Å². The van der Waals surface area contributed by atoms with Gasteiger partial charge in [0.25, 0.3) is 0 Å². The zero-order valence-electron chi connectivity index (χ0n) is 24.6. The molecule has 0 aliphatic rings. The van der Waals surface area contributed by atoms with Crippen molar-refractivity contribution in [1.29, 1.82) is 0 Å². The molecule has 0 aliphatic carbocycles. The minimum atomic E-state index is -4.63. The van der Waals surface area contributed by atoms with E-state index in [1.54, 1.807) is 32.4 Å². The molecule has 0 saturated carbocycles. The van der Waals surface area contributed by atoms with Gasteiger partial charge in [-0.1, -0.05) is 61.7 Å². The summed E-state index contributed by atoms with van der Waals surface area (Å²) in [5.41, 5.74) is 5.20. The van der Waals surface area contributed by atoms with Crippen LogP contribution in [0.4, 0.5) is 17.6 Å². The Morgan fingerprint density at radius 2 is 1.47 bits per heavy atom. The van der Waals surface area contributed by atoms with Crippen LogP contribution in [0.25, 0.3) is 0 Å². The van der Waals surface area contributed by atoms with Crippen LogP contribution in [0.3, 0.4) is 0 Å². The second-order valence-electron chi connectivity index (χ2n) is 8.25. The van der Waals surface area contributed by atoms with E-state index in [9.17, 15) is 17.6 Å². The molecule has 228 valence electrons. The van der Waals surface area contributed by atoms with Gasteiger partial charge in [-0.2, -0.15) is 13.2 Å². The maximum Gasteiger partial charge on any atom is 0.416 e. The first-order valence-corrected chi connectivity index (χ1v) is 12.9. The summed E-state index contributed by atoms with van der Waals surface area (Å²) >= 11 is 0. The monoisotopic (exact) mass is 594 g/mol. The summed E-state index contributed by atoms with van der Waals surface area (Å²) in [6.45, 7) is 8.58. The molecule has 0 fully saturated rings. The second kappa shape index (κ2) is 21.7. The Morgan fingerprint density at radius 1 is 0.930 bits per heavy atom. The summed E-state index contributed by atoms with van der Waals surface area (Å²) in [6.07, 6.45) is 13.4. The molecule has 0 aliphatic heterocycles. The van der Waals surface area contributed by atoms with Crippen LogP contribution in [0, 0.1) is 18.7 Å². The highest BCUT2D eigenvalue weighted by Gasteiger charge is 2.32. The Kier molecular flexibility index (Phi) is 19.1. The van der Waals surface area contributed by atoms with Gasteiger partial charge in [-0.3, -0.25) is 4.99 Å². The molecule has 3 aromatic carbocycles. The molecule has 0 amide bonds. The summed E-state index contributed by atoms with van der Waals surface area (Å²) in [4.78, 5) is 4.25. The second-order valence-corrected chi connectivity index (χ2v) is 8.25. The molecule has 0 radical (unpaired) electrons. The molecular weight excluding hydrogens is 556 g/mol. The Balaban J connectivity index is 0.000000971. The fraction of sp³-hybridized carbons (Fsp3) is 0.171. The minimum absolute atomic E-state index is 0.210. The van der Waals surface area contributed by atoms with Crippen molar-refractivity contribution in [3.8, 4) is 24.3 Å². The van der Waals surface area contributed by atoms with Crippen LogP contribution in [0.1, 0.15) is 29.5 Å². The number of alkyl halides is 3. The lowest BCUT2D eigenvalue weighted by atomic mass is 9.86. The van der Waals surface area contributed by atoms with Gasteiger partial charge >= 0.3 is 6.18 Å². The number of allylic oxidation sites excluding steroid dienone is 4.